The normalized spacial score (nSPS) is 24.2. The van der Waals surface area contributed by atoms with Gasteiger partial charge in [-0.1, -0.05) is 19.1 Å². The van der Waals surface area contributed by atoms with Crippen LogP contribution in [0.25, 0.3) is 10.9 Å². The Kier molecular flexibility index (Phi) is 5.66. The van der Waals surface area contributed by atoms with E-state index in [1.807, 2.05) is 0 Å². The Balaban J connectivity index is 1.66. The maximum Gasteiger partial charge on any atom is 0.169 e. The molecule has 3 atom stereocenters. The van der Waals surface area contributed by atoms with Gasteiger partial charge >= 0.3 is 0 Å². The Morgan fingerprint density at radius 1 is 1.29 bits per heavy atom. The van der Waals surface area contributed by atoms with Crippen LogP contribution in [0.15, 0.2) is 18.2 Å². The molecule has 0 amide bonds. The highest BCUT2D eigenvalue weighted by Gasteiger charge is 2.41. The minimum Gasteiger partial charge on any atom is -0.359 e. The summed E-state index contributed by atoms with van der Waals surface area (Å²) in [7, 11) is 0. The number of aryl methyl sites for hydroxylation is 1. The summed E-state index contributed by atoms with van der Waals surface area (Å²) in [6.07, 6.45) is 3.52. The number of rotatable bonds is 5. The van der Waals surface area contributed by atoms with E-state index in [1.165, 1.54) is 40.6 Å². The highest BCUT2D eigenvalue weighted by atomic mass is 32.1. The highest BCUT2D eigenvalue weighted by molar-refractivity contribution is 7.80. The molecule has 1 aromatic carbocycles. The van der Waals surface area contributed by atoms with Crippen LogP contribution in [0.4, 0.5) is 0 Å². The van der Waals surface area contributed by atoms with Crippen LogP contribution in [-0.4, -0.2) is 58.2 Å². The lowest BCUT2D eigenvalue weighted by atomic mass is 9.73. The molecule has 4 nitrogen and oxygen atoms in total. The number of likely N-dealkylation sites (tertiary alicyclic amines) is 1. The molecule has 2 N–H and O–H groups in total. The lowest BCUT2D eigenvalue weighted by molar-refractivity contribution is 0.104. The van der Waals surface area contributed by atoms with Gasteiger partial charge in [-0.05, 0) is 76.0 Å². The van der Waals surface area contributed by atoms with Crippen LogP contribution in [0.3, 0.4) is 0 Å². The molecule has 2 aliphatic rings. The first-order valence-corrected chi connectivity index (χ1v) is 11.4. The second kappa shape index (κ2) is 8.03. The molecule has 2 aromatic rings. The minimum atomic E-state index is 0.415. The number of nitrogens with one attached hydrogen (secondary N) is 2. The number of thiocarbonyl (C=S) groups is 1. The number of H-pyrrole nitrogens is 1. The maximum absolute atomic E-state index is 5.73. The summed E-state index contributed by atoms with van der Waals surface area (Å²) in [6, 6.07) is 7.84. The molecule has 0 saturated carbocycles. The number of hydrogen-bond donors (Lipinski definition) is 2. The molecule has 0 bridgehead atoms. The number of benzene rings is 1. The summed E-state index contributed by atoms with van der Waals surface area (Å²) in [5, 5.41) is 6.12. The molecule has 1 aliphatic carbocycles. The monoisotopic (exact) mass is 398 g/mol. The molecule has 1 saturated heterocycles. The van der Waals surface area contributed by atoms with Gasteiger partial charge in [-0.15, -0.1) is 0 Å². The molecular formula is C23H34N4S. The predicted molar refractivity (Wildman–Crippen MR) is 122 cm³/mol. The molecule has 1 aliphatic heterocycles. The molecule has 0 unspecified atom stereocenters. The van der Waals surface area contributed by atoms with Gasteiger partial charge in [0.25, 0.3) is 0 Å². The SMILES string of the molecule is CCCN1C[C@@H](NC(=S)N(CC)CC)C[C@@H]2c3cccc4[nH]c(C)c(c34)C[C@H]21. The quantitative estimate of drug-likeness (QED) is 0.740. The number of aromatic amines is 1. The van der Waals surface area contributed by atoms with E-state index in [0.29, 0.717) is 18.0 Å². The first-order chi connectivity index (χ1) is 13.6. The summed E-state index contributed by atoms with van der Waals surface area (Å²) >= 11 is 5.73. The van der Waals surface area contributed by atoms with E-state index in [0.717, 1.165) is 37.7 Å². The standard InChI is InChI=1S/C23H34N4S/c1-5-11-27-14-16(25-23(28)26(6-2)7-3)12-19-17-9-8-10-20-22(17)18(13-21(19)27)15(4)24-20/h8-10,16,19,21,24H,5-7,11-14H2,1-4H3,(H,25,28)/t16-,19+,21+/m0/s1. The fourth-order valence-electron chi connectivity index (χ4n) is 5.49. The fraction of sp³-hybridized carbons (Fsp3) is 0.609. The Labute approximate surface area is 174 Å². The zero-order valence-corrected chi connectivity index (χ0v) is 18.5. The van der Waals surface area contributed by atoms with Crippen molar-refractivity contribution in [2.24, 2.45) is 0 Å². The van der Waals surface area contributed by atoms with E-state index in [9.17, 15) is 0 Å². The molecular weight excluding hydrogens is 364 g/mol. The van der Waals surface area contributed by atoms with Gasteiger partial charge in [0.15, 0.2) is 5.11 Å². The summed E-state index contributed by atoms with van der Waals surface area (Å²) < 4.78 is 0. The Bertz CT molecular complexity index is 854. The zero-order valence-electron chi connectivity index (χ0n) is 17.7. The van der Waals surface area contributed by atoms with Crippen LogP contribution in [0.2, 0.25) is 0 Å². The number of piperidine rings is 1. The number of fused-ring (bicyclic) bond motifs is 2. The van der Waals surface area contributed by atoms with Gasteiger partial charge in [-0.3, -0.25) is 4.90 Å². The highest BCUT2D eigenvalue weighted by Crippen LogP contribution is 2.44. The molecule has 4 rings (SSSR count). The second-order valence-electron chi connectivity index (χ2n) is 8.43. The maximum atomic E-state index is 5.73. The average Bonchev–Trinajstić information content (AvgIpc) is 3.00. The van der Waals surface area contributed by atoms with Gasteiger partial charge in [0.1, 0.15) is 0 Å². The summed E-state index contributed by atoms with van der Waals surface area (Å²) in [4.78, 5) is 8.61. The van der Waals surface area contributed by atoms with E-state index in [-0.39, 0.29) is 0 Å². The Hall–Kier alpha value is -1.59. The first-order valence-electron chi connectivity index (χ1n) is 11.0. The van der Waals surface area contributed by atoms with Crippen molar-refractivity contribution in [1.29, 1.82) is 0 Å². The van der Waals surface area contributed by atoms with Crippen molar-refractivity contribution in [2.45, 2.75) is 65.0 Å². The van der Waals surface area contributed by atoms with Crippen LogP contribution in [0, 0.1) is 6.92 Å². The van der Waals surface area contributed by atoms with E-state index in [2.05, 4.69) is 66.0 Å². The third-order valence-corrected chi connectivity index (χ3v) is 7.18. The predicted octanol–water partition coefficient (Wildman–Crippen LogP) is 4.19. The largest absolute Gasteiger partial charge is 0.359 e. The van der Waals surface area contributed by atoms with Crippen LogP contribution in [0.5, 0.6) is 0 Å². The van der Waals surface area contributed by atoms with E-state index >= 15 is 0 Å². The number of aromatic nitrogens is 1. The molecule has 2 heterocycles. The van der Waals surface area contributed by atoms with Gasteiger partial charge in [0.05, 0.1) is 0 Å². The summed E-state index contributed by atoms with van der Waals surface area (Å²) in [5.41, 5.74) is 5.73. The van der Waals surface area contributed by atoms with Crippen LogP contribution >= 0.6 is 12.2 Å². The van der Waals surface area contributed by atoms with Crippen molar-refractivity contribution < 1.29 is 0 Å². The topological polar surface area (TPSA) is 34.3 Å². The van der Waals surface area contributed by atoms with E-state index in [4.69, 9.17) is 12.2 Å². The third-order valence-electron chi connectivity index (χ3n) is 6.80. The molecule has 0 spiro atoms. The van der Waals surface area contributed by atoms with E-state index < -0.39 is 0 Å². The minimum absolute atomic E-state index is 0.415. The fourth-order valence-corrected chi connectivity index (χ4v) is 5.92. The number of hydrogen-bond acceptors (Lipinski definition) is 2. The van der Waals surface area contributed by atoms with Gasteiger partial charge < -0.3 is 15.2 Å². The van der Waals surface area contributed by atoms with Crippen LogP contribution in [-0.2, 0) is 6.42 Å². The average molecular weight is 399 g/mol. The van der Waals surface area contributed by atoms with Gasteiger partial charge in [-0.2, -0.15) is 0 Å². The second-order valence-corrected chi connectivity index (χ2v) is 8.81. The lowest BCUT2D eigenvalue weighted by Gasteiger charge is -2.48. The molecule has 28 heavy (non-hydrogen) atoms. The summed E-state index contributed by atoms with van der Waals surface area (Å²) in [6.45, 7) is 13.1. The molecule has 152 valence electrons. The van der Waals surface area contributed by atoms with Crippen molar-refractivity contribution in [2.75, 3.05) is 26.2 Å². The van der Waals surface area contributed by atoms with Gasteiger partial charge in [0.2, 0.25) is 0 Å². The summed E-state index contributed by atoms with van der Waals surface area (Å²) in [5.74, 6) is 0.573. The molecule has 5 heteroatoms. The molecule has 0 radical (unpaired) electrons. The third kappa shape index (κ3) is 3.33. The van der Waals surface area contributed by atoms with Crippen LogP contribution in [0.1, 0.15) is 56.4 Å². The van der Waals surface area contributed by atoms with Crippen molar-refractivity contribution >= 4 is 28.2 Å². The van der Waals surface area contributed by atoms with Crippen molar-refractivity contribution in [1.82, 2.24) is 20.1 Å². The molecule has 1 aromatic heterocycles. The number of nitrogens with zero attached hydrogens (tertiary/aromatic N) is 2. The Morgan fingerprint density at radius 3 is 2.79 bits per heavy atom. The first kappa shape index (κ1) is 19.7. The smallest absolute Gasteiger partial charge is 0.169 e. The van der Waals surface area contributed by atoms with Crippen LogP contribution < -0.4 is 5.32 Å². The van der Waals surface area contributed by atoms with Gasteiger partial charge in [-0.25, -0.2) is 0 Å². The van der Waals surface area contributed by atoms with E-state index in [1.54, 1.807) is 0 Å². The lowest BCUT2D eigenvalue weighted by Crippen LogP contribution is -2.57. The van der Waals surface area contributed by atoms with Crippen molar-refractivity contribution in [3.63, 3.8) is 0 Å². The molecule has 1 fully saturated rings. The van der Waals surface area contributed by atoms with Crippen molar-refractivity contribution in [3.8, 4) is 0 Å². The Morgan fingerprint density at radius 2 is 2.07 bits per heavy atom. The van der Waals surface area contributed by atoms with Crippen molar-refractivity contribution in [3.05, 3.63) is 35.0 Å². The van der Waals surface area contributed by atoms with Gasteiger partial charge in [0, 0.05) is 54.2 Å². The zero-order chi connectivity index (χ0) is 19.8.